The minimum absolute atomic E-state index is 0.0290. The molecule has 0 N–H and O–H groups in total. The number of rotatable bonds is 3. The molecule has 0 fully saturated rings. The first kappa shape index (κ1) is 15.6. The summed E-state index contributed by atoms with van der Waals surface area (Å²) in [6, 6.07) is 19.0. The van der Waals surface area contributed by atoms with Crippen molar-refractivity contribution in [3.8, 4) is 11.1 Å². The van der Waals surface area contributed by atoms with E-state index in [9.17, 15) is 9.59 Å². The summed E-state index contributed by atoms with van der Waals surface area (Å²) in [5, 5.41) is 0. The molecule has 124 valence electrons. The summed E-state index contributed by atoms with van der Waals surface area (Å²) < 4.78 is 1.68. The minimum atomic E-state index is -0.476. The largest absolute Gasteiger partial charge is 0.290 e. The Hall–Kier alpha value is -2.94. The van der Waals surface area contributed by atoms with Crippen LogP contribution < -0.4 is 0 Å². The second-order valence-corrected chi connectivity index (χ2v) is 7.16. The molecule has 0 aliphatic carbocycles. The maximum absolute atomic E-state index is 13.3. The molecule has 0 unspecified atom stereocenters. The van der Waals surface area contributed by atoms with Crippen molar-refractivity contribution in [2.24, 2.45) is 5.41 Å². The third kappa shape index (κ3) is 2.43. The Labute approximate surface area is 146 Å². The summed E-state index contributed by atoms with van der Waals surface area (Å²) in [5.74, 6) is 0.0190. The Morgan fingerprint density at radius 1 is 0.960 bits per heavy atom. The lowest BCUT2D eigenvalue weighted by Crippen LogP contribution is -2.22. The average molecular weight is 329 g/mol. The van der Waals surface area contributed by atoms with E-state index in [2.05, 4.69) is 0 Å². The Bertz CT molecular complexity index is 966. The van der Waals surface area contributed by atoms with Crippen molar-refractivity contribution in [1.29, 1.82) is 0 Å². The van der Waals surface area contributed by atoms with Crippen LogP contribution in [0.2, 0.25) is 0 Å². The van der Waals surface area contributed by atoms with Gasteiger partial charge in [0.05, 0.1) is 5.56 Å². The van der Waals surface area contributed by atoms with Gasteiger partial charge < -0.3 is 0 Å². The zero-order chi connectivity index (χ0) is 17.6. The van der Waals surface area contributed by atoms with Crippen molar-refractivity contribution < 1.29 is 9.59 Å². The molecule has 2 heterocycles. The van der Waals surface area contributed by atoms with Gasteiger partial charge in [-0.3, -0.25) is 14.2 Å². The number of carbonyl (C=O) groups excluding carboxylic acids is 2. The average Bonchev–Trinajstić information content (AvgIpc) is 3.09. The second kappa shape index (κ2) is 5.55. The molecule has 0 spiro atoms. The van der Waals surface area contributed by atoms with E-state index in [1.54, 1.807) is 4.57 Å². The molecule has 0 atom stereocenters. The first-order chi connectivity index (χ1) is 12.0. The number of carbonyl (C=O) groups is 2. The van der Waals surface area contributed by atoms with E-state index in [0.29, 0.717) is 17.5 Å². The topological polar surface area (TPSA) is 39.1 Å². The third-order valence-corrected chi connectivity index (χ3v) is 4.86. The van der Waals surface area contributed by atoms with E-state index >= 15 is 0 Å². The molecule has 1 aliphatic rings. The van der Waals surface area contributed by atoms with E-state index in [0.717, 1.165) is 16.8 Å². The zero-order valence-corrected chi connectivity index (χ0v) is 14.3. The molecule has 0 radical (unpaired) electrons. The molecule has 0 bridgehead atoms. The Balaban J connectivity index is 1.94. The summed E-state index contributed by atoms with van der Waals surface area (Å²) in [5.41, 5.74) is 3.42. The van der Waals surface area contributed by atoms with Gasteiger partial charge in [-0.25, -0.2) is 0 Å². The van der Waals surface area contributed by atoms with Gasteiger partial charge in [-0.1, -0.05) is 74.5 Å². The van der Waals surface area contributed by atoms with Gasteiger partial charge in [-0.2, -0.15) is 0 Å². The van der Waals surface area contributed by atoms with Crippen LogP contribution in [0.4, 0.5) is 0 Å². The molecular formula is C22H19NO2. The van der Waals surface area contributed by atoms with Crippen molar-refractivity contribution in [1.82, 2.24) is 4.57 Å². The number of hydrogen-bond acceptors (Lipinski definition) is 2. The number of fused-ring (bicyclic) bond motifs is 1. The van der Waals surface area contributed by atoms with Crippen molar-refractivity contribution >= 4 is 11.7 Å². The highest BCUT2D eigenvalue weighted by atomic mass is 16.2. The summed E-state index contributed by atoms with van der Waals surface area (Å²) in [6.07, 6.45) is 2.41. The SMILES string of the molecule is CC1(C)Cc2c(C(=O)c3ccccc3)c(-c3ccccc3)cn2C1=O. The van der Waals surface area contributed by atoms with Gasteiger partial charge >= 0.3 is 0 Å². The van der Waals surface area contributed by atoms with Crippen LogP contribution in [-0.2, 0) is 6.42 Å². The van der Waals surface area contributed by atoms with Crippen LogP contribution in [0.1, 0.15) is 40.3 Å². The number of benzene rings is 2. The Kier molecular flexibility index (Phi) is 3.46. The summed E-state index contributed by atoms with van der Waals surface area (Å²) in [6.45, 7) is 3.86. The molecule has 1 aliphatic heterocycles. The highest BCUT2D eigenvalue weighted by Crippen LogP contribution is 2.39. The molecule has 3 nitrogen and oxygen atoms in total. The molecule has 4 rings (SSSR count). The predicted octanol–water partition coefficient (Wildman–Crippen LogP) is 4.61. The highest BCUT2D eigenvalue weighted by Gasteiger charge is 2.41. The summed E-state index contributed by atoms with van der Waals surface area (Å²) in [7, 11) is 0. The maximum Gasteiger partial charge on any atom is 0.236 e. The van der Waals surface area contributed by atoms with Crippen molar-refractivity contribution in [3.05, 3.63) is 83.7 Å². The molecule has 0 saturated carbocycles. The number of nitrogens with zero attached hydrogens (tertiary/aromatic N) is 1. The standard InChI is InChI=1S/C22H19NO2/c1-22(2)13-18-19(20(24)16-11-7-4-8-12-16)17(14-23(18)21(22)25)15-9-5-3-6-10-15/h3-12,14H,13H2,1-2H3. The van der Waals surface area contributed by atoms with Crippen molar-refractivity contribution in [2.45, 2.75) is 20.3 Å². The lowest BCUT2D eigenvalue weighted by molar-refractivity contribution is 0.0790. The summed E-state index contributed by atoms with van der Waals surface area (Å²) >= 11 is 0. The third-order valence-electron chi connectivity index (χ3n) is 4.86. The van der Waals surface area contributed by atoms with Crippen LogP contribution in [0.25, 0.3) is 11.1 Å². The molecule has 1 aromatic heterocycles. The van der Waals surface area contributed by atoms with Crippen LogP contribution >= 0.6 is 0 Å². The van der Waals surface area contributed by atoms with Crippen LogP contribution in [0.5, 0.6) is 0 Å². The van der Waals surface area contributed by atoms with E-state index in [1.807, 2.05) is 80.7 Å². The van der Waals surface area contributed by atoms with E-state index < -0.39 is 5.41 Å². The lowest BCUT2D eigenvalue weighted by Gasteiger charge is -2.14. The normalized spacial score (nSPS) is 15.2. The van der Waals surface area contributed by atoms with E-state index in [4.69, 9.17) is 0 Å². The van der Waals surface area contributed by atoms with Crippen LogP contribution in [0.3, 0.4) is 0 Å². The molecule has 2 aromatic carbocycles. The van der Waals surface area contributed by atoms with Gasteiger partial charge in [-0.15, -0.1) is 0 Å². The zero-order valence-electron chi connectivity index (χ0n) is 14.3. The predicted molar refractivity (Wildman–Crippen MR) is 97.9 cm³/mol. The Morgan fingerprint density at radius 3 is 2.20 bits per heavy atom. The fourth-order valence-corrected chi connectivity index (χ4v) is 3.55. The quantitative estimate of drug-likeness (QED) is 0.658. The number of ketones is 1. The molecule has 3 heteroatoms. The van der Waals surface area contributed by atoms with E-state index in [-0.39, 0.29) is 11.7 Å². The fourth-order valence-electron chi connectivity index (χ4n) is 3.55. The van der Waals surface area contributed by atoms with Crippen molar-refractivity contribution in [2.75, 3.05) is 0 Å². The molecule has 25 heavy (non-hydrogen) atoms. The molecule has 0 saturated heterocycles. The Morgan fingerprint density at radius 2 is 1.56 bits per heavy atom. The molecular weight excluding hydrogens is 310 g/mol. The van der Waals surface area contributed by atoms with Crippen LogP contribution in [-0.4, -0.2) is 16.3 Å². The van der Waals surface area contributed by atoms with Gasteiger partial charge in [0.1, 0.15) is 0 Å². The smallest absolute Gasteiger partial charge is 0.236 e. The second-order valence-electron chi connectivity index (χ2n) is 7.16. The first-order valence-electron chi connectivity index (χ1n) is 8.43. The first-order valence-corrected chi connectivity index (χ1v) is 8.43. The van der Waals surface area contributed by atoms with Crippen LogP contribution in [0.15, 0.2) is 66.9 Å². The minimum Gasteiger partial charge on any atom is -0.290 e. The lowest BCUT2D eigenvalue weighted by atomic mass is 9.86. The van der Waals surface area contributed by atoms with E-state index in [1.165, 1.54) is 0 Å². The highest BCUT2D eigenvalue weighted by molar-refractivity contribution is 6.15. The summed E-state index contributed by atoms with van der Waals surface area (Å²) in [4.78, 5) is 26.0. The van der Waals surface area contributed by atoms with Crippen molar-refractivity contribution in [3.63, 3.8) is 0 Å². The maximum atomic E-state index is 13.3. The van der Waals surface area contributed by atoms with Gasteiger partial charge in [-0.05, 0) is 5.56 Å². The van der Waals surface area contributed by atoms with Gasteiger partial charge in [0.2, 0.25) is 5.91 Å². The van der Waals surface area contributed by atoms with Gasteiger partial charge in [0.25, 0.3) is 0 Å². The van der Waals surface area contributed by atoms with Crippen LogP contribution in [0, 0.1) is 5.41 Å². The molecule has 0 amide bonds. The fraction of sp³-hybridized carbons (Fsp3) is 0.182. The number of aromatic nitrogens is 1. The van der Waals surface area contributed by atoms with Gasteiger partial charge in [0.15, 0.2) is 5.78 Å². The van der Waals surface area contributed by atoms with Gasteiger partial charge in [0, 0.05) is 34.9 Å². The molecule has 3 aromatic rings. The number of hydrogen-bond donors (Lipinski definition) is 0. The monoisotopic (exact) mass is 329 g/mol.